The molecule has 0 amide bonds. The largest absolute Gasteiger partial charge is 0.357 e. The Bertz CT molecular complexity index is 545. The minimum Gasteiger partial charge on any atom is -0.357 e. The number of hydrogen-bond donors (Lipinski definition) is 1. The quantitative estimate of drug-likeness (QED) is 0.311. The van der Waals surface area contributed by atoms with Crippen LogP contribution in [0.3, 0.4) is 0 Å². The third-order valence-electron chi connectivity index (χ3n) is 5.08. The second-order valence-electron chi connectivity index (χ2n) is 8.80. The zero-order chi connectivity index (χ0) is 19.1. The fourth-order valence-electron chi connectivity index (χ4n) is 3.56. The first-order chi connectivity index (χ1) is 11.5. The van der Waals surface area contributed by atoms with Crippen molar-refractivity contribution in [2.45, 2.75) is 66.7 Å². The molecular formula is C19H40IN3O2S. The minimum atomic E-state index is -2.92. The number of sulfone groups is 1. The predicted molar refractivity (Wildman–Crippen MR) is 123 cm³/mol. The van der Waals surface area contributed by atoms with E-state index in [1.54, 1.807) is 0 Å². The normalized spacial score (nSPS) is 22.1. The summed E-state index contributed by atoms with van der Waals surface area (Å²) in [6, 6.07) is 0. The molecule has 0 spiro atoms. The third-order valence-corrected chi connectivity index (χ3v) is 6.02. The molecule has 5 nitrogen and oxygen atoms in total. The summed E-state index contributed by atoms with van der Waals surface area (Å²) in [5.74, 6) is 1.21. The number of rotatable bonds is 8. The SMILES string of the molecule is CCCC1(C)CCCN(C(=NCC(C)(C)CCS(C)(=O)=O)NCC)C1.I. The van der Waals surface area contributed by atoms with Crippen molar-refractivity contribution in [3.05, 3.63) is 0 Å². The maximum absolute atomic E-state index is 11.4. The van der Waals surface area contributed by atoms with Crippen LogP contribution in [0.2, 0.25) is 0 Å². The van der Waals surface area contributed by atoms with Gasteiger partial charge in [0, 0.05) is 32.4 Å². The second-order valence-corrected chi connectivity index (χ2v) is 11.1. The van der Waals surface area contributed by atoms with Crippen LogP contribution in [0.25, 0.3) is 0 Å². The molecule has 0 aromatic heterocycles. The average Bonchev–Trinajstić information content (AvgIpc) is 2.49. The van der Waals surface area contributed by atoms with Crippen LogP contribution in [0.15, 0.2) is 4.99 Å². The molecule has 0 radical (unpaired) electrons. The number of aliphatic imine (C=N–C) groups is 1. The average molecular weight is 502 g/mol. The highest BCUT2D eigenvalue weighted by molar-refractivity contribution is 14.0. The lowest BCUT2D eigenvalue weighted by atomic mass is 9.78. The third kappa shape index (κ3) is 9.76. The Hall–Kier alpha value is -0.0500. The Kier molecular flexibility index (Phi) is 11.1. The smallest absolute Gasteiger partial charge is 0.193 e. The van der Waals surface area contributed by atoms with Gasteiger partial charge in [-0.15, -0.1) is 24.0 Å². The monoisotopic (exact) mass is 501 g/mol. The number of likely N-dealkylation sites (tertiary alicyclic amines) is 1. The number of piperidine rings is 1. The molecule has 26 heavy (non-hydrogen) atoms. The fourth-order valence-corrected chi connectivity index (χ4v) is 4.48. The molecule has 1 atom stereocenters. The molecule has 0 bridgehead atoms. The van der Waals surface area contributed by atoms with Gasteiger partial charge in [-0.25, -0.2) is 8.42 Å². The van der Waals surface area contributed by atoms with Gasteiger partial charge in [-0.05, 0) is 43.4 Å². The van der Waals surface area contributed by atoms with Crippen LogP contribution in [0.5, 0.6) is 0 Å². The maximum Gasteiger partial charge on any atom is 0.193 e. The van der Waals surface area contributed by atoms with Crippen molar-refractivity contribution in [1.82, 2.24) is 10.2 Å². The molecule has 1 N–H and O–H groups in total. The highest BCUT2D eigenvalue weighted by Gasteiger charge is 2.31. The molecule has 1 saturated heterocycles. The first-order valence-corrected chi connectivity index (χ1v) is 11.8. The van der Waals surface area contributed by atoms with E-state index in [2.05, 4.69) is 44.8 Å². The summed E-state index contributed by atoms with van der Waals surface area (Å²) < 4.78 is 22.9. The summed E-state index contributed by atoms with van der Waals surface area (Å²) in [5.41, 5.74) is 0.251. The van der Waals surface area contributed by atoms with E-state index in [-0.39, 0.29) is 35.1 Å². The second kappa shape index (κ2) is 11.1. The lowest BCUT2D eigenvalue weighted by Gasteiger charge is -2.42. The number of hydrogen-bond acceptors (Lipinski definition) is 3. The Morgan fingerprint density at radius 1 is 1.31 bits per heavy atom. The molecule has 1 unspecified atom stereocenters. The fraction of sp³-hybridized carbons (Fsp3) is 0.947. The van der Waals surface area contributed by atoms with Crippen LogP contribution >= 0.6 is 24.0 Å². The van der Waals surface area contributed by atoms with Crippen LogP contribution in [-0.4, -0.2) is 57.5 Å². The summed E-state index contributed by atoms with van der Waals surface area (Å²) in [7, 11) is -2.92. The van der Waals surface area contributed by atoms with Crippen molar-refractivity contribution in [3.8, 4) is 0 Å². The van der Waals surface area contributed by atoms with Crippen molar-refractivity contribution in [2.75, 3.05) is 38.2 Å². The Balaban J connectivity index is 0.00000625. The zero-order valence-corrected chi connectivity index (χ0v) is 20.7. The first-order valence-electron chi connectivity index (χ1n) is 9.71. The van der Waals surface area contributed by atoms with E-state index in [0.717, 1.165) is 25.6 Å². The van der Waals surface area contributed by atoms with Crippen molar-refractivity contribution >= 4 is 39.8 Å². The van der Waals surface area contributed by atoms with E-state index >= 15 is 0 Å². The zero-order valence-electron chi connectivity index (χ0n) is 17.6. The number of nitrogens with zero attached hydrogens (tertiary/aromatic N) is 2. The van der Waals surface area contributed by atoms with Crippen LogP contribution in [-0.2, 0) is 9.84 Å². The molecule has 1 fully saturated rings. The van der Waals surface area contributed by atoms with Gasteiger partial charge in [0.2, 0.25) is 0 Å². The van der Waals surface area contributed by atoms with Crippen LogP contribution in [0.4, 0.5) is 0 Å². The lowest BCUT2D eigenvalue weighted by molar-refractivity contribution is 0.142. The van der Waals surface area contributed by atoms with Gasteiger partial charge in [0.1, 0.15) is 9.84 Å². The molecule has 1 rings (SSSR count). The van der Waals surface area contributed by atoms with Gasteiger partial charge in [-0.1, -0.05) is 34.1 Å². The number of halogens is 1. The highest BCUT2D eigenvalue weighted by atomic mass is 127. The Morgan fingerprint density at radius 3 is 2.50 bits per heavy atom. The topological polar surface area (TPSA) is 61.8 Å². The van der Waals surface area contributed by atoms with Gasteiger partial charge in [-0.3, -0.25) is 4.99 Å². The molecule has 1 aliphatic heterocycles. The van der Waals surface area contributed by atoms with Crippen molar-refractivity contribution in [3.63, 3.8) is 0 Å². The maximum atomic E-state index is 11.4. The van der Waals surface area contributed by atoms with Gasteiger partial charge >= 0.3 is 0 Å². The molecule has 0 aromatic rings. The first kappa shape index (κ1) is 26.0. The molecule has 1 aliphatic rings. The van der Waals surface area contributed by atoms with Crippen LogP contribution in [0.1, 0.15) is 66.7 Å². The lowest BCUT2D eigenvalue weighted by Crippen LogP contribution is -2.50. The molecule has 156 valence electrons. The highest BCUT2D eigenvalue weighted by Crippen LogP contribution is 2.34. The summed E-state index contributed by atoms with van der Waals surface area (Å²) in [4.78, 5) is 7.27. The standard InChI is InChI=1S/C19H39N3O2S.HI/c1-7-10-19(5)11-9-13-22(16-19)17(20-8-2)21-15-18(3,4)12-14-25(6,23)24;/h7-16H2,1-6H3,(H,20,21);1H. The van der Waals surface area contributed by atoms with Gasteiger partial charge in [-0.2, -0.15) is 0 Å². The van der Waals surface area contributed by atoms with Crippen LogP contribution < -0.4 is 5.32 Å². The summed E-state index contributed by atoms with van der Waals surface area (Å²) in [5, 5.41) is 3.43. The number of guanidine groups is 1. The summed E-state index contributed by atoms with van der Waals surface area (Å²) >= 11 is 0. The van der Waals surface area contributed by atoms with E-state index in [9.17, 15) is 8.42 Å². The van der Waals surface area contributed by atoms with Crippen molar-refractivity contribution < 1.29 is 8.42 Å². The van der Waals surface area contributed by atoms with E-state index < -0.39 is 9.84 Å². The van der Waals surface area contributed by atoms with E-state index in [4.69, 9.17) is 4.99 Å². The van der Waals surface area contributed by atoms with Crippen molar-refractivity contribution in [2.24, 2.45) is 15.8 Å². The van der Waals surface area contributed by atoms with Gasteiger partial charge in [0.05, 0.1) is 5.75 Å². The minimum absolute atomic E-state index is 0. The van der Waals surface area contributed by atoms with Gasteiger partial charge in [0.25, 0.3) is 0 Å². The van der Waals surface area contributed by atoms with E-state index in [0.29, 0.717) is 18.4 Å². The number of nitrogens with one attached hydrogen (secondary N) is 1. The summed E-state index contributed by atoms with van der Waals surface area (Å²) in [6.45, 7) is 14.5. The van der Waals surface area contributed by atoms with E-state index in [1.165, 1.54) is 31.9 Å². The van der Waals surface area contributed by atoms with Crippen molar-refractivity contribution in [1.29, 1.82) is 0 Å². The Morgan fingerprint density at radius 2 is 1.96 bits per heavy atom. The molecule has 1 heterocycles. The Labute approximate surface area is 178 Å². The van der Waals surface area contributed by atoms with Crippen LogP contribution in [0, 0.1) is 10.8 Å². The van der Waals surface area contributed by atoms with Gasteiger partial charge < -0.3 is 10.2 Å². The summed E-state index contributed by atoms with van der Waals surface area (Å²) in [6.07, 6.45) is 6.91. The molecule has 0 saturated carbocycles. The molecule has 7 heteroatoms. The predicted octanol–water partition coefficient (Wildman–Crippen LogP) is 3.93. The molecule has 0 aliphatic carbocycles. The van der Waals surface area contributed by atoms with Gasteiger partial charge in [0.15, 0.2) is 5.96 Å². The molecule has 0 aromatic carbocycles. The molecular weight excluding hydrogens is 461 g/mol. The van der Waals surface area contributed by atoms with E-state index in [1.807, 2.05) is 0 Å².